The summed E-state index contributed by atoms with van der Waals surface area (Å²) >= 11 is 0. The molecule has 218 valence electrons. The Balaban J connectivity index is 2.01. The molecule has 0 amide bonds. The second-order valence-corrected chi connectivity index (χ2v) is 10.0. The average molecular weight is 587 g/mol. The quantitative estimate of drug-likeness (QED) is 0.177. The number of aliphatic imine (C=N–C) groups is 1. The monoisotopic (exact) mass is 586 g/mol. The lowest BCUT2D eigenvalue weighted by atomic mass is 9.83. The van der Waals surface area contributed by atoms with Gasteiger partial charge >= 0.3 is 18.5 Å². The van der Waals surface area contributed by atoms with Gasteiger partial charge in [0.1, 0.15) is 17.4 Å². The van der Waals surface area contributed by atoms with E-state index in [1.54, 1.807) is 13.8 Å². The molecule has 2 aromatic carbocycles. The van der Waals surface area contributed by atoms with E-state index in [2.05, 4.69) is 15.0 Å². The van der Waals surface area contributed by atoms with Gasteiger partial charge in [0, 0.05) is 29.4 Å². The summed E-state index contributed by atoms with van der Waals surface area (Å²) in [5.41, 5.74) is -3.65. The van der Waals surface area contributed by atoms with Gasteiger partial charge in [-0.3, -0.25) is 9.56 Å². The van der Waals surface area contributed by atoms with Crippen molar-refractivity contribution in [2.75, 3.05) is 7.05 Å². The maximum atomic E-state index is 13.7. The highest BCUT2D eigenvalue weighted by molar-refractivity contribution is 6.10. The molecule has 0 fully saturated rings. The van der Waals surface area contributed by atoms with E-state index in [9.17, 15) is 39.5 Å². The van der Waals surface area contributed by atoms with E-state index in [1.165, 1.54) is 30.7 Å². The van der Waals surface area contributed by atoms with Crippen LogP contribution in [0, 0.1) is 6.92 Å². The van der Waals surface area contributed by atoms with Crippen molar-refractivity contribution in [3.8, 4) is 5.82 Å². The van der Waals surface area contributed by atoms with Crippen molar-refractivity contribution >= 4 is 27.5 Å². The van der Waals surface area contributed by atoms with Gasteiger partial charge in [-0.25, -0.2) is 9.97 Å². The number of nitrogens with zero attached hydrogens (tertiary/aromatic N) is 4. The molecule has 0 unspecified atom stereocenters. The minimum atomic E-state index is -4.75. The van der Waals surface area contributed by atoms with Crippen molar-refractivity contribution in [3.63, 3.8) is 0 Å². The fourth-order valence-corrected chi connectivity index (χ4v) is 4.54. The first-order valence-corrected chi connectivity index (χ1v) is 12.1. The van der Waals surface area contributed by atoms with Crippen LogP contribution in [0.4, 0.5) is 39.5 Å². The molecule has 0 bridgehead atoms. The highest BCUT2D eigenvalue weighted by atomic mass is 19.4. The fourth-order valence-electron chi connectivity index (χ4n) is 4.54. The Labute approximate surface area is 228 Å². The van der Waals surface area contributed by atoms with Gasteiger partial charge < -0.3 is 0 Å². The number of hydrogen-bond donors (Lipinski definition) is 0. The van der Waals surface area contributed by atoms with Crippen LogP contribution in [0.1, 0.15) is 43.3 Å². The topological polar surface area (TPSA) is 43.1 Å². The average Bonchev–Trinajstić information content (AvgIpc) is 3.19. The van der Waals surface area contributed by atoms with Gasteiger partial charge in [-0.2, -0.15) is 39.5 Å². The summed E-state index contributed by atoms with van der Waals surface area (Å²) in [5, 5.41) is -0.142. The van der Waals surface area contributed by atoms with E-state index < -0.39 is 40.8 Å². The van der Waals surface area contributed by atoms with E-state index in [0.29, 0.717) is 0 Å². The molecule has 0 spiro atoms. The minimum Gasteiger partial charge on any atom is -0.293 e. The molecule has 41 heavy (non-hydrogen) atoms. The Morgan fingerprint density at radius 1 is 0.854 bits per heavy atom. The van der Waals surface area contributed by atoms with Crippen LogP contribution >= 0.6 is 0 Å². The molecule has 0 radical (unpaired) electrons. The van der Waals surface area contributed by atoms with Gasteiger partial charge in [-0.05, 0) is 75.7 Å². The molecule has 0 aliphatic carbocycles. The van der Waals surface area contributed by atoms with Crippen LogP contribution in [-0.4, -0.2) is 33.5 Å². The first kappa shape index (κ1) is 30.1. The van der Waals surface area contributed by atoms with Crippen molar-refractivity contribution in [2.24, 2.45) is 4.99 Å². The van der Waals surface area contributed by atoms with Crippen molar-refractivity contribution < 1.29 is 39.5 Å². The van der Waals surface area contributed by atoms with Gasteiger partial charge in [-0.15, -0.1) is 0 Å². The molecular weight excluding hydrogens is 563 g/mol. The van der Waals surface area contributed by atoms with Crippen LogP contribution in [0.15, 0.2) is 59.2 Å². The number of aromatic nitrogens is 3. The fraction of sp³-hybridized carbons (Fsp3) is 0.321. The molecule has 0 aliphatic rings. The van der Waals surface area contributed by atoms with E-state index in [1.807, 2.05) is 0 Å². The molecule has 4 rings (SSSR count). The predicted molar refractivity (Wildman–Crippen MR) is 137 cm³/mol. The third kappa shape index (κ3) is 5.53. The Morgan fingerprint density at radius 3 is 2.02 bits per heavy atom. The molecule has 0 aliphatic heterocycles. The van der Waals surface area contributed by atoms with E-state index in [0.717, 1.165) is 43.5 Å². The lowest BCUT2D eigenvalue weighted by Crippen LogP contribution is -2.27. The molecule has 0 N–H and O–H groups in total. The summed E-state index contributed by atoms with van der Waals surface area (Å²) < 4.78 is 123. The summed E-state index contributed by atoms with van der Waals surface area (Å²) in [6.45, 7) is 6.03. The van der Waals surface area contributed by atoms with Crippen molar-refractivity contribution in [1.82, 2.24) is 14.5 Å². The second-order valence-electron chi connectivity index (χ2n) is 10.0. The van der Waals surface area contributed by atoms with Gasteiger partial charge in [-0.1, -0.05) is 5.57 Å². The summed E-state index contributed by atoms with van der Waals surface area (Å²) in [5.74, 6) is 0.187. The molecule has 4 aromatic rings. The highest BCUT2D eigenvalue weighted by Crippen LogP contribution is 2.41. The Hall–Kier alpha value is -3.90. The lowest BCUT2D eigenvalue weighted by molar-refractivity contribution is -0.138. The van der Waals surface area contributed by atoms with Crippen LogP contribution in [0.5, 0.6) is 0 Å². The number of aryl methyl sites for hydroxylation is 1. The van der Waals surface area contributed by atoms with Gasteiger partial charge in [0.2, 0.25) is 0 Å². The number of hydrogen-bond acceptors (Lipinski definition) is 3. The van der Waals surface area contributed by atoms with Gasteiger partial charge in [0.05, 0.1) is 22.2 Å². The first-order chi connectivity index (χ1) is 18.8. The maximum Gasteiger partial charge on any atom is 0.432 e. The highest BCUT2D eigenvalue weighted by Gasteiger charge is 2.37. The first-order valence-electron chi connectivity index (χ1n) is 12.1. The van der Waals surface area contributed by atoms with Crippen LogP contribution in [0.3, 0.4) is 0 Å². The molecule has 0 saturated carbocycles. The SMILES string of the molecule is C/N=C(\C=C(/C)C(C)(C)c1nccc(-n2c3ccc(C(F)(F)F)cc3c3cc(C(F)(F)F)cc(C)c32)n1)C(F)(F)F. The summed E-state index contributed by atoms with van der Waals surface area (Å²) in [6, 6.07) is 5.86. The molecule has 2 aromatic heterocycles. The lowest BCUT2D eigenvalue weighted by Gasteiger charge is -2.25. The maximum absolute atomic E-state index is 13.7. The number of alkyl halides is 9. The molecule has 2 heterocycles. The zero-order valence-electron chi connectivity index (χ0n) is 22.3. The van der Waals surface area contributed by atoms with E-state index in [4.69, 9.17) is 0 Å². The van der Waals surface area contributed by atoms with Crippen LogP contribution in [-0.2, 0) is 17.8 Å². The summed E-state index contributed by atoms with van der Waals surface area (Å²) in [6.07, 6.45) is -12.0. The number of fused-ring (bicyclic) bond motifs is 3. The Bertz CT molecular complexity index is 1700. The van der Waals surface area contributed by atoms with Gasteiger partial charge in [0.25, 0.3) is 0 Å². The smallest absolute Gasteiger partial charge is 0.293 e. The molecule has 0 saturated heterocycles. The summed E-state index contributed by atoms with van der Waals surface area (Å²) in [7, 11) is 1.01. The van der Waals surface area contributed by atoms with Crippen molar-refractivity contribution in [2.45, 2.75) is 51.6 Å². The van der Waals surface area contributed by atoms with E-state index >= 15 is 0 Å². The standard InChI is InChI=1S/C28H23F9N4/c1-14-10-17(27(32,33)34)13-19-18-12-16(26(29,30)31)6-7-20(18)41(23(14)19)22-8-9-39-24(40-22)25(3,4)15(2)11-21(38-5)28(35,36)37/h6-13H,1-5H3/b15-11+,38-21+. The minimum absolute atomic E-state index is 0.0668. The molecule has 0 atom stereocenters. The number of halogens is 9. The third-order valence-corrected chi connectivity index (χ3v) is 7.01. The van der Waals surface area contributed by atoms with Crippen LogP contribution in [0.25, 0.3) is 27.6 Å². The van der Waals surface area contributed by atoms with Crippen LogP contribution in [0.2, 0.25) is 0 Å². The van der Waals surface area contributed by atoms with Crippen molar-refractivity contribution in [1.29, 1.82) is 0 Å². The molecule has 13 heteroatoms. The van der Waals surface area contributed by atoms with E-state index in [-0.39, 0.29) is 44.6 Å². The third-order valence-electron chi connectivity index (χ3n) is 7.01. The Kier molecular flexibility index (Phi) is 7.24. The summed E-state index contributed by atoms with van der Waals surface area (Å²) in [4.78, 5) is 12.1. The van der Waals surface area contributed by atoms with Gasteiger partial charge in [0.15, 0.2) is 0 Å². The zero-order valence-corrected chi connectivity index (χ0v) is 22.3. The predicted octanol–water partition coefficient (Wildman–Crippen LogP) is 8.78. The van der Waals surface area contributed by atoms with Crippen molar-refractivity contribution in [3.05, 3.63) is 76.8 Å². The molecular formula is C28H23F9N4. The second kappa shape index (κ2) is 9.88. The number of allylic oxidation sites excluding steroid dienone is 2. The normalized spacial score (nSPS) is 14.4. The number of rotatable bonds is 4. The van der Waals surface area contributed by atoms with Crippen LogP contribution < -0.4 is 0 Å². The largest absolute Gasteiger partial charge is 0.432 e. The Morgan fingerprint density at radius 2 is 1.46 bits per heavy atom. The zero-order chi connectivity index (χ0) is 30.7. The molecule has 4 nitrogen and oxygen atoms in total. The number of benzene rings is 2.